The monoisotopic (exact) mass is 529 g/mol. The van der Waals surface area contributed by atoms with Gasteiger partial charge < -0.3 is 4.57 Å². The van der Waals surface area contributed by atoms with Gasteiger partial charge in [0.1, 0.15) is 0 Å². The van der Waals surface area contributed by atoms with Crippen molar-refractivity contribution in [3.05, 3.63) is 155 Å². The van der Waals surface area contributed by atoms with Crippen LogP contribution in [0.1, 0.15) is 54.7 Å². The van der Waals surface area contributed by atoms with Gasteiger partial charge in [-0.3, -0.25) is 0 Å². The van der Waals surface area contributed by atoms with Crippen LogP contribution in [-0.4, -0.2) is 4.57 Å². The second kappa shape index (κ2) is 10.2. The first-order valence-electron chi connectivity index (χ1n) is 15.3. The molecular weight excluding hydrogens is 494 g/mol. The van der Waals surface area contributed by atoms with E-state index < -0.39 is 0 Å². The Bertz CT molecular complexity index is 1880. The summed E-state index contributed by atoms with van der Waals surface area (Å²) in [6.07, 6.45) is 30.6. The molecule has 1 nitrogen and oxygen atoms in total. The normalized spacial score (nSPS) is 21.9. The molecule has 1 heterocycles. The Morgan fingerprint density at radius 2 is 1.56 bits per heavy atom. The maximum absolute atomic E-state index is 2.56. The number of allylic oxidation sites excluding steroid dienone is 13. The molecule has 2 atom stereocenters. The van der Waals surface area contributed by atoms with Crippen LogP contribution in [0.3, 0.4) is 0 Å². The van der Waals surface area contributed by atoms with Gasteiger partial charge in [-0.2, -0.15) is 0 Å². The summed E-state index contributed by atoms with van der Waals surface area (Å²) in [5.74, 6) is 0.761. The Hall–Kier alpha value is -4.36. The Morgan fingerprint density at radius 3 is 2.46 bits per heavy atom. The van der Waals surface area contributed by atoms with Crippen molar-refractivity contribution < 1.29 is 0 Å². The van der Waals surface area contributed by atoms with E-state index in [0.717, 1.165) is 38.5 Å². The molecule has 4 aliphatic rings. The summed E-state index contributed by atoms with van der Waals surface area (Å²) in [4.78, 5) is 0. The van der Waals surface area contributed by atoms with Crippen LogP contribution in [0.15, 0.2) is 138 Å². The number of rotatable bonds is 4. The van der Waals surface area contributed by atoms with E-state index in [4.69, 9.17) is 0 Å². The van der Waals surface area contributed by atoms with Gasteiger partial charge in [0.2, 0.25) is 0 Å². The topological polar surface area (TPSA) is 4.93 Å². The third-order valence-electron chi connectivity index (χ3n) is 9.40. The number of nitrogens with zero attached hydrogens (tertiary/aromatic N) is 1. The van der Waals surface area contributed by atoms with Gasteiger partial charge in [0.25, 0.3) is 0 Å². The number of fused-ring (bicyclic) bond motifs is 5. The predicted octanol–water partition coefficient (Wildman–Crippen LogP) is 10.5. The van der Waals surface area contributed by atoms with Crippen LogP contribution >= 0.6 is 0 Å². The molecule has 0 saturated carbocycles. The van der Waals surface area contributed by atoms with Crippen molar-refractivity contribution >= 4 is 33.6 Å². The molecule has 0 aliphatic heterocycles. The second-order valence-electron chi connectivity index (χ2n) is 11.9. The third-order valence-corrected chi connectivity index (χ3v) is 9.40. The van der Waals surface area contributed by atoms with Crippen LogP contribution in [-0.2, 0) is 6.42 Å². The molecule has 41 heavy (non-hydrogen) atoms. The number of aromatic nitrogens is 1. The molecule has 1 aromatic heterocycles. The Morgan fingerprint density at radius 1 is 0.683 bits per heavy atom. The first kappa shape index (κ1) is 24.4. The predicted molar refractivity (Wildman–Crippen MR) is 175 cm³/mol. The highest BCUT2D eigenvalue weighted by atomic mass is 15.0. The smallest absolute Gasteiger partial charge is 0.0547 e. The standard InChI is InChI=1S/C40H35N/c1-3-12-28(13-4-1)32-24-33(29-14-5-2-6-15-29)26-34(25-32)31-17-11-18-35(27-31)41-38-21-10-9-20-37(38)40-36-19-8-7-16-30(36)22-23-39(40)41/h1-5,8-14,18-23,25-27,31-32H,6-7,15-17,24H2. The first-order valence-corrected chi connectivity index (χ1v) is 15.3. The molecule has 0 saturated heterocycles. The SMILES string of the molecule is C1=CCCC(C2=CC(C3C=C(n4c5ccccc5c5c6c(ccc54)CCC=C6)C=CC3)=CC(c3ccccc3)C2)=C1. The van der Waals surface area contributed by atoms with Crippen molar-refractivity contribution in [3.63, 3.8) is 0 Å². The van der Waals surface area contributed by atoms with E-state index in [1.165, 1.54) is 60.9 Å². The van der Waals surface area contributed by atoms with Crippen molar-refractivity contribution in [2.24, 2.45) is 5.92 Å². The van der Waals surface area contributed by atoms with Gasteiger partial charge in [0, 0.05) is 28.3 Å². The van der Waals surface area contributed by atoms with Gasteiger partial charge in [-0.1, -0.05) is 109 Å². The van der Waals surface area contributed by atoms with Crippen molar-refractivity contribution in [2.45, 2.75) is 44.4 Å². The van der Waals surface area contributed by atoms with E-state index in [2.05, 4.69) is 132 Å². The number of hydrogen-bond donors (Lipinski definition) is 0. The number of aryl methyl sites for hydroxylation is 1. The number of para-hydroxylation sites is 1. The fraction of sp³-hybridized carbons (Fsp3) is 0.200. The summed E-state index contributed by atoms with van der Waals surface area (Å²) in [6, 6.07) is 24.8. The van der Waals surface area contributed by atoms with Gasteiger partial charge in [-0.25, -0.2) is 0 Å². The maximum Gasteiger partial charge on any atom is 0.0547 e. The highest BCUT2D eigenvalue weighted by Gasteiger charge is 2.25. The molecule has 0 radical (unpaired) electrons. The van der Waals surface area contributed by atoms with Crippen LogP contribution in [0, 0.1) is 5.92 Å². The minimum Gasteiger partial charge on any atom is -0.310 e. The van der Waals surface area contributed by atoms with E-state index in [1.54, 1.807) is 0 Å². The highest BCUT2D eigenvalue weighted by molar-refractivity contribution is 6.14. The van der Waals surface area contributed by atoms with Crippen LogP contribution in [0.5, 0.6) is 0 Å². The van der Waals surface area contributed by atoms with Gasteiger partial charge in [0.05, 0.1) is 11.0 Å². The molecule has 3 aromatic carbocycles. The zero-order valence-electron chi connectivity index (χ0n) is 23.5. The van der Waals surface area contributed by atoms with E-state index in [1.807, 2.05) is 0 Å². The van der Waals surface area contributed by atoms with Gasteiger partial charge in [0.15, 0.2) is 0 Å². The fourth-order valence-electron chi connectivity index (χ4n) is 7.38. The van der Waals surface area contributed by atoms with Crippen molar-refractivity contribution in [1.29, 1.82) is 0 Å². The Labute approximate surface area is 242 Å². The summed E-state index contributed by atoms with van der Waals surface area (Å²) in [5.41, 5.74) is 12.7. The molecule has 1 heteroatoms. The Kier molecular flexibility index (Phi) is 6.10. The van der Waals surface area contributed by atoms with E-state index in [9.17, 15) is 0 Å². The summed E-state index contributed by atoms with van der Waals surface area (Å²) < 4.78 is 2.51. The first-order chi connectivity index (χ1) is 20.3. The van der Waals surface area contributed by atoms with Crippen molar-refractivity contribution in [2.75, 3.05) is 0 Å². The quantitative estimate of drug-likeness (QED) is 0.248. The van der Waals surface area contributed by atoms with E-state index in [0.29, 0.717) is 11.8 Å². The lowest BCUT2D eigenvalue weighted by Crippen LogP contribution is -2.12. The average molecular weight is 530 g/mol. The summed E-state index contributed by atoms with van der Waals surface area (Å²) in [5, 5.41) is 2.74. The zero-order valence-corrected chi connectivity index (χ0v) is 23.5. The number of benzene rings is 3. The molecule has 4 aliphatic carbocycles. The van der Waals surface area contributed by atoms with E-state index >= 15 is 0 Å². The van der Waals surface area contributed by atoms with Crippen molar-refractivity contribution in [3.8, 4) is 0 Å². The zero-order chi connectivity index (χ0) is 27.2. The van der Waals surface area contributed by atoms with Crippen LogP contribution < -0.4 is 0 Å². The summed E-state index contributed by atoms with van der Waals surface area (Å²) in [7, 11) is 0. The van der Waals surface area contributed by atoms with E-state index in [-0.39, 0.29) is 0 Å². The Balaban J connectivity index is 1.26. The van der Waals surface area contributed by atoms with Gasteiger partial charge in [-0.05, 0) is 90.1 Å². The maximum atomic E-state index is 2.56. The molecular formula is C40H35N. The molecule has 0 bridgehead atoms. The minimum atomic E-state index is 0.352. The lowest BCUT2D eigenvalue weighted by Gasteiger charge is -2.28. The fourth-order valence-corrected chi connectivity index (χ4v) is 7.38. The molecule has 4 aromatic rings. The van der Waals surface area contributed by atoms with Crippen LogP contribution in [0.4, 0.5) is 0 Å². The molecule has 0 spiro atoms. The van der Waals surface area contributed by atoms with Gasteiger partial charge in [-0.15, -0.1) is 0 Å². The van der Waals surface area contributed by atoms with Crippen LogP contribution in [0.25, 0.3) is 33.6 Å². The molecule has 200 valence electrons. The highest BCUT2D eigenvalue weighted by Crippen LogP contribution is 2.42. The molecule has 0 fully saturated rings. The second-order valence-corrected chi connectivity index (χ2v) is 11.9. The number of hydrogen-bond acceptors (Lipinski definition) is 0. The molecule has 0 amide bonds. The molecule has 2 unspecified atom stereocenters. The average Bonchev–Trinajstić information content (AvgIpc) is 3.40. The largest absolute Gasteiger partial charge is 0.310 e. The molecule has 8 rings (SSSR count). The minimum absolute atomic E-state index is 0.352. The lowest BCUT2D eigenvalue weighted by molar-refractivity contribution is 0.726. The summed E-state index contributed by atoms with van der Waals surface area (Å²) >= 11 is 0. The van der Waals surface area contributed by atoms with Gasteiger partial charge >= 0.3 is 0 Å². The lowest BCUT2D eigenvalue weighted by atomic mass is 9.77. The summed E-state index contributed by atoms with van der Waals surface area (Å²) in [6.45, 7) is 0. The van der Waals surface area contributed by atoms with Crippen molar-refractivity contribution in [1.82, 2.24) is 4.57 Å². The molecule has 0 N–H and O–H groups in total. The third kappa shape index (κ3) is 4.32. The van der Waals surface area contributed by atoms with Crippen LogP contribution in [0.2, 0.25) is 0 Å².